The third kappa shape index (κ3) is 5.81. The van der Waals surface area contributed by atoms with E-state index in [1.54, 1.807) is 12.3 Å². The minimum atomic E-state index is -4.41. The van der Waals surface area contributed by atoms with Gasteiger partial charge in [0.2, 0.25) is 0 Å². The van der Waals surface area contributed by atoms with Crippen LogP contribution in [0.25, 0.3) is 10.8 Å². The number of sulfone groups is 1. The molecular formula is C27H32F3N5O3S. The van der Waals surface area contributed by atoms with Gasteiger partial charge >= 0.3 is 6.18 Å². The number of pyridine rings is 1. The van der Waals surface area contributed by atoms with Crippen LogP contribution in [0.15, 0.2) is 36.7 Å². The maximum Gasteiger partial charge on any atom is 0.414 e. The fourth-order valence-corrected chi connectivity index (χ4v) is 6.62. The van der Waals surface area contributed by atoms with Crippen molar-refractivity contribution in [2.24, 2.45) is 5.92 Å². The van der Waals surface area contributed by atoms with E-state index in [1.165, 1.54) is 12.5 Å². The molecule has 210 valence electrons. The van der Waals surface area contributed by atoms with Gasteiger partial charge in [-0.05, 0) is 48.4 Å². The number of nitrogens with one attached hydrogen (secondary N) is 1. The summed E-state index contributed by atoms with van der Waals surface area (Å²) in [5, 5.41) is 5.17. The molecule has 0 saturated carbocycles. The van der Waals surface area contributed by atoms with Gasteiger partial charge < -0.3 is 15.0 Å². The number of ether oxygens (including phenoxy) is 1. The van der Waals surface area contributed by atoms with Crippen LogP contribution in [0.3, 0.4) is 0 Å². The molecule has 8 nitrogen and oxygen atoms in total. The highest BCUT2D eigenvalue weighted by Gasteiger charge is 2.46. The van der Waals surface area contributed by atoms with E-state index in [-0.39, 0.29) is 36.7 Å². The molecule has 5 rings (SSSR count). The van der Waals surface area contributed by atoms with Crippen LogP contribution in [0.1, 0.15) is 50.4 Å². The molecule has 1 aromatic carbocycles. The zero-order chi connectivity index (χ0) is 28.1. The Kier molecular flexibility index (Phi) is 7.21. The van der Waals surface area contributed by atoms with E-state index in [9.17, 15) is 21.6 Å². The highest BCUT2D eigenvalue weighted by atomic mass is 32.2. The lowest BCUT2D eigenvalue weighted by Crippen LogP contribution is -2.57. The van der Waals surface area contributed by atoms with Gasteiger partial charge in [0, 0.05) is 54.1 Å². The van der Waals surface area contributed by atoms with E-state index in [0.29, 0.717) is 24.0 Å². The number of hydrogen-bond acceptors (Lipinski definition) is 8. The highest BCUT2D eigenvalue weighted by molar-refractivity contribution is 7.90. The van der Waals surface area contributed by atoms with Crippen molar-refractivity contribution in [3.63, 3.8) is 0 Å². The molecule has 2 aromatic heterocycles. The first-order chi connectivity index (χ1) is 18.3. The van der Waals surface area contributed by atoms with Crippen molar-refractivity contribution in [3.05, 3.63) is 48.0 Å². The van der Waals surface area contributed by atoms with E-state index >= 15 is 0 Å². The largest absolute Gasteiger partial charge is 0.414 e. The molecule has 4 heterocycles. The number of benzene rings is 1. The van der Waals surface area contributed by atoms with Gasteiger partial charge in [-0.2, -0.15) is 13.2 Å². The van der Waals surface area contributed by atoms with Crippen molar-refractivity contribution in [2.45, 2.75) is 57.3 Å². The molecule has 39 heavy (non-hydrogen) atoms. The molecule has 0 aliphatic carbocycles. The zero-order valence-electron chi connectivity index (χ0n) is 22.2. The number of rotatable bonds is 7. The summed E-state index contributed by atoms with van der Waals surface area (Å²) in [5.74, 6) is 1.24. The Bertz CT molecular complexity index is 1480. The molecule has 2 aliphatic heterocycles. The molecule has 1 N–H and O–H groups in total. The number of anilines is 3. The average molecular weight is 564 g/mol. The summed E-state index contributed by atoms with van der Waals surface area (Å²) in [6.07, 6.45) is -1.82. The number of nitrogens with zero attached hydrogens (tertiary/aromatic N) is 4. The monoisotopic (exact) mass is 563 g/mol. The van der Waals surface area contributed by atoms with Gasteiger partial charge in [-0.1, -0.05) is 19.9 Å². The Hall–Kier alpha value is -2.99. The van der Waals surface area contributed by atoms with E-state index in [0.717, 1.165) is 22.0 Å². The predicted molar refractivity (Wildman–Crippen MR) is 144 cm³/mol. The Morgan fingerprint density at radius 2 is 1.92 bits per heavy atom. The normalized spacial score (nSPS) is 23.8. The van der Waals surface area contributed by atoms with Crippen LogP contribution in [-0.2, 0) is 14.6 Å². The molecule has 2 saturated heterocycles. The van der Waals surface area contributed by atoms with E-state index < -0.39 is 28.0 Å². The van der Waals surface area contributed by atoms with E-state index in [4.69, 9.17) is 4.74 Å². The van der Waals surface area contributed by atoms with Crippen molar-refractivity contribution in [1.29, 1.82) is 0 Å². The van der Waals surface area contributed by atoms with Crippen LogP contribution in [0, 0.1) is 5.92 Å². The number of halogens is 3. The van der Waals surface area contributed by atoms with Gasteiger partial charge in [-0.15, -0.1) is 0 Å². The standard InChI is InChI=1S/C27H32F3N5O3S/c1-15(2)19-5-6-22(35-12-18(16(35)3)14-39(4,36)37)21-11-32-25(10-20(19)21)33-24-7-8-31-26(34-24)17-9-23(38-13-17)27(28,29)30/h5-8,10-11,15-18,23H,9,12-14H2,1-4H3,(H,31,32,33,34)/t16-,17+,18-,23+/m1/s1. The maximum absolute atomic E-state index is 13.0. The molecular weight excluding hydrogens is 531 g/mol. The number of aromatic nitrogens is 3. The molecule has 2 fully saturated rings. The molecule has 0 radical (unpaired) electrons. The third-order valence-electron chi connectivity index (χ3n) is 7.62. The summed E-state index contributed by atoms with van der Waals surface area (Å²) >= 11 is 0. The van der Waals surface area contributed by atoms with Crippen LogP contribution in [0.2, 0.25) is 0 Å². The van der Waals surface area contributed by atoms with Crippen LogP contribution in [0.4, 0.5) is 30.5 Å². The lowest BCUT2D eigenvalue weighted by Gasteiger charge is -2.48. The third-order valence-corrected chi connectivity index (χ3v) is 8.66. The first-order valence-electron chi connectivity index (χ1n) is 13.0. The number of hydrogen-bond donors (Lipinski definition) is 1. The minimum absolute atomic E-state index is 0.0809. The Morgan fingerprint density at radius 1 is 1.15 bits per heavy atom. The van der Waals surface area contributed by atoms with Crippen LogP contribution < -0.4 is 10.2 Å². The molecule has 2 aliphatic rings. The highest BCUT2D eigenvalue weighted by Crippen LogP contribution is 2.40. The summed E-state index contributed by atoms with van der Waals surface area (Å²) in [5.41, 5.74) is 2.15. The molecule has 0 spiro atoms. The molecule has 12 heteroatoms. The summed E-state index contributed by atoms with van der Waals surface area (Å²) in [6, 6.07) is 7.86. The summed E-state index contributed by atoms with van der Waals surface area (Å²) in [7, 11) is -3.05. The second-order valence-electron chi connectivity index (χ2n) is 10.9. The van der Waals surface area contributed by atoms with Crippen LogP contribution in [-0.4, -0.2) is 66.9 Å². The molecule has 0 amide bonds. The van der Waals surface area contributed by atoms with Gasteiger partial charge in [0.1, 0.15) is 27.3 Å². The smallest absolute Gasteiger partial charge is 0.368 e. The van der Waals surface area contributed by atoms with Crippen molar-refractivity contribution in [3.8, 4) is 0 Å². The Morgan fingerprint density at radius 3 is 2.56 bits per heavy atom. The Balaban J connectivity index is 1.40. The fraction of sp³-hybridized carbons (Fsp3) is 0.519. The van der Waals surface area contributed by atoms with Crippen molar-refractivity contribution >= 4 is 37.9 Å². The SMILES string of the molecule is CC(C)c1ccc(N2C[C@H](CS(C)(=O)=O)[C@H]2C)c2cnc(Nc3ccnc([C@@H]4CO[C@H](C(F)(F)F)C4)n3)cc12. The molecule has 3 aromatic rings. The first kappa shape index (κ1) is 27.6. The fourth-order valence-electron chi connectivity index (χ4n) is 5.46. The Labute approximate surface area is 225 Å². The van der Waals surface area contributed by atoms with E-state index in [2.05, 4.69) is 51.1 Å². The number of alkyl halides is 3. The lowest BCUT2D eigenvalue weighted by molar-refractivity contribution is -0.206. The van der Waals surface area contributed by atoms with Crippen LogP contribution in [0.5, 0.6) is 0 Å². The second kappa shape index (κ2) is 10.2. The molecule has 4 atom stereocenters. The van der Waals surface area contributed by atoms with Crippen molar-refractivity contribution in [1.82, 2.24) is 15.0 Å². The lowest BCUT2D eigenvalue weighted by atomic mass is 9.88. The van der Waals surface area contributed by atoms with Crippen molar-refractivity contribution < 1.29 is 26.3 Å². The second-order valence-corrected chi connectivity index (χ2v) is 13.1. The van der Waals surface area contributed by atoms with Gasteiger partial charge in [-0.3, -0.25) is 0 Å². The minimum Gasteiger partial charge on any atom is -0.368 e. The van der Waals surface area contributed by atoms with Crippen LogP contribution >= 0.6 is 0 Å². The van der Waals surface area contributed by atoms with E-state index in [1.807, 2.05) is 13.0 Å². The van der Waals surface area contributed by atoms with Gasteiger partial charge in [0.25, 0.3) is 0 Å². The van der Waals surface area contributed by atoms with Gasteiger partial charge in [0.05, 0.1) is 12.4 Å². The quantitative estimate of drug-likeness (QED) is 0.419. The molecule has 0 bridgehead atoms. The zero-order valence-corrected chi connectivity index (χ0v) is 23.1. The van der Waals surface area contributed by atoms with Gasteiger partial charge in [-0.25, -0.2) is 23.4 Å². The van der Waals surface area contributed by atoms with Gasteiger partial charge in [0.15, 0.2) is 6.10 Å². The first-order valence-corrected chi connectivity index (χ1v) is 15.0. The topological polar surface area (TPSA) is 97.3 Å². The maximum atomic E-state index is 13.0. The average Bonchev–Trinajstić information content (AvgIpc) is 3.36. The number of fused-ring (bicyclic) bond motifs is 1. The summed E-state index contributed by atoms with van der Waals surface area (Å²) in [4.78, 5) is 15.5. The summed E-state index contributed by atoms with van der Waals surface area (Å²) in [6.45, 7) is 6.86. The molecule has 0 unspecified atom stereocenters. The predicted octanol–water partition coefficient (Wildman–Crippen LogP) is 5.20. The summed E-state index contributed by atoms with van der Waals surface area (Å²) < 4.78 is 67.6. The van der Waals surface area contributed by atoms with Crippen molar-refractivity contribution in [2.75, 3.05) is 35.4 Å².